The van der Waals surface area contributed by atoms with Crippen molar-refractivity contribution in [1.29, 1.82) is 0 Å². The van der Waals surface area contributed by atoms with Gasteiger partial charge < -0.3 is 4.18 Å². The maximum absolute atomic E-state index is 4.78. The summed E-state index contributed by atoms with van der Waals surface area (Å²) in [4.78, 5) is 0. The van der Waals surface area contributed by atoms with Gasteiger partial charge in [0.25, 0.3) is 0 Å². The second kappa shape index (κ2) is 1.85. The van der Waals surface area contributed by atoms with E-state index < -0.39 is 0 Å². The lowest BCUT2D eigenvalue weighted by Crippen LogP contribution is -1.69. The van der Waals surface area contributed by atoms with Crippen molar-refractivity contribution in [3.05, 3.63) is 0 Å². The Bertz CT molecular complexity index is 42.8. The zero-order valence-corrected chi connectivity index (χ0v) is 4.62. The Balaban J connectivity index is 1.88. The Morgan fingerprint density at radius 1 is 1.67 bits per heavy atom. The fourth-order valence-corrected chi connectivity index (χ4v) is 0.901. The molecule has 36 valence electrons. The van der Waals surface area contributed by atoms with Crippen LogP contribution in [-0.4, -0.2) is 12.4 Å². The number of hydrogen-bond acceptors (Lipinski definition) is 2. The molecular weight excluding hydrogens is 96.1 g/mol. The van der Waals surface area contributed by atoms with E-state index in [1.165, 1.54) is 12.8 Å². The molecule has 0 heterocycles. The topological polar surface area (TPSA) is 9.23 Å². The van der Waals surface area contributed by atoms with Gasteiger partial charge in [-0.2, -0.15) is 0 Å². The van der Waals surface area contributed by atoms with E-state index in [0.717, 1.165) is 5.25 Å². The quantitative estimate of drug-likeness (QED) is 0.490. The van der Waals surface area contributed by atoms with E-state index in [1.54, 1.807) is 19.2 Å². The SMILES string of the molecule is COSC1CC1. The van der Waals surface area contributed by atoms with Gasteiger partial charge in [-0.25, -0.2) is 0 Å². The van der Waals surface area contributed by atoms with Crippen LogP contribution in [0, 0.1) is 0 Å². The normalized spacial score (nSPS) is 21.5. The molecular formula is C4H8OS. The van der Waals surface area contributed by atoms with Gasteiger partial charge in [0.1, 0.15) is 0 Å². The van der Waals surface area contributed by atoms with Crippen molar-refractivity contribution in [2.45, 2.75) is 18.1 Å². The Kier molecular flexibility index (Phi) is 1.37. The highest BCUT2D eigenvalue weighted by Gasteiger charge is 2.21. The first kappa shape index (κ1) is 4.47. The lowest BCUT2D eigenvalue weighted by molar-refractivity contribution is 0.489. The van der Waals surface area contributed by atoms with Crippen LogP contribution in [0.15, 0.2) is 0 Å². The van der Waals surface area contributed by atoms with Crippen LogP contribution in [0.2, 0.25) is 0 Å². The molecule has 0 aromatic heterocycles. The molecule has 0 spiro atoms. The minimum Gasteiger partial charge on any atom is -0.318 e. The highest BCUT2D eigenvalue weighted by Crippen LogP contribution is 2.33. The van der Waals surface area contributed by atoms with Crippen molar-refractivity contribution in [3.63, 3.8) is 0 Å². The molecule has 1 nitrogen and oxygen atoms in total. The summed E-state index contributed by atoms with van der Waals surface area (Å²) in [6.07, 6.45) is 2.72. The molecule has 6 heavy (non-hydrogen) atoms. The third-order valence-electron chi connectivity index (χ3n) is 0.757. The van der Waals surface area contributed by atoms with Crippen molar-refractivity contribution in [2.75, 3.05) is 7.11 Å². The number of rotatable bonds is 2. The second-order valence-electron chi connectivity index (χ2n) is 1.46. The van der Waals surface area contributed by atoms with E-state index in [1.807, 2.05) is 0 Å². The minimum absolute atomic E-state index is 0.843. The van der Waals surface area contributed by atoms with Crippen LogP contribution in [0.5, 0.6) is 0 Å². The molecule has 0 aromatic rings. The van der Waals surface area contributed by atoms with Gasteiger partial charge in [-0.15, -0.1) is 0 Å². The van der Waals surface area contributed by atoms with Crippen LogP contribution in [0.25, 0.3) is 0 Å². The van der Waals surface area contributed by atoms with Crippen molar-refractivity contribution >= 4 is 12.0 Å². The zero-order valence-electron chi connectivity index (χ0n) is 3.81. The summed E-state index contributed by atoms with van der Waals surface area (Å²) in [6.45, 7) is 0. The molecule has 1 fully saturated rings. The molecule has 1 rings (SSSR count). The summed E-state index contributed by atoms with van der Waals surface area (Å²) in [7, 11) is 1.73. The fraction of sp³-hybridized carbons (Fsp3) is 1.00. The summed E-state index contributed by atoms with van der Waals surface area (Å²) in [5.74, 6) is 0. The minimum atomic E-state index is 0.843. The predicted molar refractivity (Wildman–Crippen MR) is 27.6 cm³/mol. The van der Waals surface area contributed by atoms with Crippen LogP contribution in [0.4, 0.5) is 0 Å². The smallest absolute Gasteiger partial charge is 0.0503 e. The fourth-order valence-electron chi connectivity index (χ4n) is 0.300. The molecule has 2 heteroatoms. The lowest BCUT2D eigenvalue weighted by Gasteiger charge is -1.85. The second-order valence-corrected chi connectivity index (χ2v) is 2.65. The van der Waals surface area contributed by atoms with Crippen molar-refractivity contribution in [3.8, 4) is 0 Å². The van der Waals surface area contributed by atoms with E-state index in [2.05, 4.69) is 0 Å². The summed E-state index contributed by atoms with van der Waals surface area (Å²) >= 11 is 1.60. The van der Waals surface area contributed by atoms with Crippen molar-refractivity contribution in [1.82, 2.24) is 0 Å². The van der Waals surface area contributed by atoms with Crippen LogP contribution in [-0.2, 0) is 4.18 Å². The summed E-state index contributed by atoms with van der Waals surface area (Å²) < 4.78 is 4.78. The Hall–Kier alpha value is 0.310. The van der Waals surface area contributed by atoms with Gasteiger partial charge in [0.15, 0.2) is 0 Å². The molecule has 0 radical (unpaired) electrons. The predicted octanol–water partition coefficient (Wildman–Crippen LogP) is 1.44. The van der Waals surface area contributed by atoms with Gasteiger partial charge in [0.2, 0.25) is 0 Å². The first-order chi connectivity index (χ1) is 2.93. The Morgan fingerprint density at radius 2 is 2.33 bits per heavy atom. The molecule has 0 bridgehead atoms. The summed E-state index contributed by atoms with van der Waals surface area (Å²) in [6, 6.07) is 0. The third-order valence-corrected chi connectivity index (χ3v) is 1.69. The maximum atomic E-state index is 4.78. The highest BCUT2D eigenvalue weighted by atomic mass is 32.2. The van der Waals surface area contributed by atoms with E-state index in [4.69, 9.17) is 4.18 Å². The molecule has 1 saturated carbocycles. The molecule has 0 aliphatic heterocycles. The molecule has 0 aromatic carbocycles. The van der Waals surface area contributed by atoms with E-state index in [9.17, 15) is 0 Å². The van der Waals surface area contributed by atoms with Crippen LogP contribution in [0.3, 0.4) is 0 Å². The average molecular weight is 104 g/mol. The lowest BCUT2D eigenvalue weighted by atomic mass is 11.0. The molecule has 0 atom stereocenters. The van der Waals surface area contributed by atoms with E-state index >= 15 is 0 Å². The molecule has 1 aliphatic rings. The molecule has 0 saturated heterocycles. The van der Waals surface area contributed by atoms with Crippen LogP contribution in [0.1, 0.15) is 12.8 Å². The first-order valence-corrected chi connectivity index (χ1v) is 2.93. The highest BCUT2D eigenvalue weighted by molar-refractivity contribution is 7.95. The summed E-state index contributed by atoms with van der Waals surface area (Å²) in [5.41, 5.74) is 0. The molecule has 1 aliphatic carbocycles. The van der Waals surface area contributed by atoms with E-state index in [0.29, 0.717) is 0 Å². The largest absolute Gasteiger partial charge is 0.318 e. The monoisotopic (exact) mass is 104 g/mol. The van der Waals surface area contributed by atoms with Gasteiger partial charge in [-0.05, 0) is 24.9 Å². The molecule has 0 amide bonds. The standard InChI is InChI=1S/C4H8OS/c1-5-6-4-2-3-4/h4H,2-3H2,1H3. The van der Waals surface area contributed by atoms with Crippen molar-refractivity contribution in [2.24, 2.45) is 0 Å². The Labute approximate surface area is 42.3 Å². The van der Waals surface area contributed by atoms with Crippen LogP contribution < -0.4 is 0 Å². The van der Waals surface area contributed by atoms with Crippen molar-refractivity contribution < 1.29 is 4.18 Å². The maximum Gasteiger partial charge on any atom is 0.0503 e. The van der Waals surface area contributed by atoms with E-state index in [-0.39, 0.29) is 0 Å². The number of hydrogen-bond donors (Lipinski definition) is 0. The molecule has 0 N–H and O–H groups in total. The molecule has 0 unspecified atom stereocenters. The zero-order chi connectivity index (χ0) is 4.41. The van der Waals surface area contributed by atoms with Gasteiger partial charge in [-0.3, -0.25) is 0 Å². The Morgan fingerprint density at radius 3 is 2.50 bits per heavy atom. The van der Waals surface area contributed by atoms with Gasteiger partial charge in [0.05, 0.1) is 7.11 Å². The van der Waals surface area contributed by atoms with Gasteiger partial charge in [0, 0.05) is 5.25 Å². The van der Waals surface area contributed by atoms with Crippen LogP contribution >= 0.6 is 12.0 Å². The summed E-state index contributed by atoms with van der Waals surface area (Å²) in [5, 5.41) is 0.843. The third kappa shape index (κ3) is 1.19. The first-order valence-electron chi connectivity index (χ1n) is 2.13. The van der Waals surface area contributed by atoms with Gasteiger partial charge >= 0.3 is 0 Å². The average Bonchev–Trinajstić information content (AvgIpc) is 2.21. The van der Waals surface area contributed by atoms with Gasteiger partial charge in [-0.1, -0.05) is 0 Å².